The Morgan fingerprint density at radius 3 is 2.40 bits per heavy atom. The quantitative estimate of drug-likeness (QED) is 0.491. The summed E-state index contributed by atoms with van der Waals surface area (Å²) in [6.45, 7) is 3.92. The molecule has 1 aliphatic heterocycles. The summed E-state index contributed by atoms with van der Waals surface area (Å²) < 4.78 is 11.5. The molecule has 0 bridgehead atoms. The molecule has 0 aromatic heterocycles. The Balaban J connectivity index is 2.17. The van der Waals surface area contributed by atoms with Crippen LogP contribution in [0.15, 0.2) is 42.5 Å². The zero-order valence-electron chi connectivity index (χ0n) is 16.8. The van der Waals surface area contributed by atoms with Crippen LogP contribution in [0.1, 0.15) is 41.8 Å². The maximum absolute atomic E-state index is 13.0. The summed E-state index contributed by atoms with van der Waals surface area (Å²) >= 11 is 0. The highest BCUT2D eigenvalue weighted by atomic mass is 16.5. The topological polar surface area (TPSA) is 96.0 Å². The van der Waals surface area contributed by atoms with Crippen LogP contribution < -0.4 is 14.6 Å². The number of ether oxygens (including phenoxy) is 2. The molecule has 0 spiro atoms. The SMILES string of the molecule is CCCOc1c(/C=C2\C(=O)N(CC(=O)[O-])C(=O)c3ccccc32)cccc1OCC. The fourth-order valence-corrected chi connectivity index (χ4v) is 3.24. The van der Waals surface area contributed by atoms with Crippen LogP contribution >= 0.6 is 0 Å². The van der Waals surface area contributed by atoms with Crippen LogP contribution in [-0.4, -0.2) is 42.4 Å². The maximum atomic E-state index is 13.0. The van der Waals surface area contributed by atoms with Gasteiger partial charge in [0, 0.05) is 16.7 Å². The molecule has 30 heavy (non-hydrogen) atoms. The van der Waals surface area contributed by atoms with Gasteiger partial charge in [0.25, 0.3) is 11.8 Å². The second kappa shape index (κ2) is 9.26. The second-order valence-electron chi connectivity index (χ2n) is 6.63. The van der Waals surface area contributed by atoms with Gasteiger partial charge in [0.2, 0.25) is 0 Å². The van der Waals surface area contributed by atoms with Crippen molar-refractivity contribution in [2.45, 2.75) is 20.3 Å². The first-order chi connectivity index (χ1) is 14.5. The molecular formula is C23H22NO6-. The van der Waals surface area contributed by atoms with Crippen molar-refractivity contribution in [3.05, 3.63) is 59.2 Å². The first-order valence-corrected chi connectivity index (χ1v) is 9.73. The zero-order valence-corrected chi connectivity index (χ0v) is 16.8. The number of rotatable bonds is 8. The summed E-state index contributed by atoms with van der Waals surface area (Å²) in [4.78, 5) is 37.5. The number of carbonyl (C=O) groups is 3. The minimum Gasteiger partial charge on any atom is -0.548 e. The molecule has 156 valence electrons. The fourth-order valence-electron chi connectivity index (χ4n) is 3.24. The Kier molecular flexibility index (Phi) is 6.51. The Labute approximate surface area is 174 Å². The average molecular weight is 408 g/mol. The van der Waals surface area contributed by atoms with Crippen LogP contribution in [0.2, 0.25) is 0 Å². The molecule has 1 aliphatic rings. The van der Waals surface area contributed by atoms with E-state index in [0.29, 0.717) is 40.7 Å². The van der Waals surface area contributed by atoms with Crippen molar-refractivity contribution < 1.29 is 29.0 Å². The number of imide groups is 1. The van der Waals surface area contributed by atoms with Crippen molar-refractivity contribution in [1.29, 1.82) is 0 Å². The molecular weight excluding hydrogens is 386 g/mol. The van der Waals surface area contributed by atoms with Crippen LogP contribution in [0.25, 0.3) is 11.6 Å². The monoisotopic (exact) mass is 408 g/mol. The van der Waals surface area contributed by atoms with Crippen LogP contribution in [0, 0.1) is 0 Å². The van der Waals surface area contributed by atoms with E-state index in [9.17, 15) is 19.5 Å². The first-order valence-electron chi connectivity index (χ1n) is 9.73. The number of amides is 2. The highest BCUT2D eigenvalue weighted by molar-refractivity contribution is 6.34. The molecule has 7 heteroatoms. The number of benzene rings is 2. The fraction of sp³-hybridized carbons (Fsp3) is 0.261. The molecule has 0 aliphatic carbocycles. The molecule has 0 saturated heterocycles. The number of hydrogen-bond acceptors (Lipinski definition) is 6. The number of carboxylic acids is 1. The highest BCUT2D eigenvalue weighted by Crippen LogP contribution is 2.36. The molecule has 2 amide bonds. The van der Waals surface area contributed by atoms with Crippen molar-refractivity contribution in [3.8, 4) is 11.5 Å². The molecule has 3 rings (SSSR count). The standard InChI is InChI=1S/C23H23NO6/c1-3-12-30-21-15(8-7-11-19(21)29-4-2)13-18-16-9-5-6-10-17(16)22(27)24(23(18)28)14-20(25)26/h5-11,13H,3-4,12,14H2,1-2H3,(H,25,26)/p-1/b18-13-. The molecule has 0 unspecified atom stereocenters. The minimum atomic E-state index is -1.51. The molecule has 0 atom stereocenters. The van der Waals surface area contributed by atoms with E-state index in [4.69, 9.17) is 9.47 Å². The lowest BCUT2D eigenvalue weighted by Gasteiger charge is -2.29. The van der Waals surface area contributed by atoms with Crippen LogP contribution in [0.5, 0.6) is 11.5 Å². The van der Waals surface area contributed by atoms with Gasteiger partial charge in [-0.2, -0.15) is 0 Å². The third-order valence-electron chi connectivity index (χ3n) is 4.52. The average Bonchev–Trinajstić information content (AvgIpc) is 2.73. The summed E-state index contributed by atoms with van der Waals surface area (Å²) in [7, 11) is 0. The van der Waals surface area contributed by atoms with E-state index < -0.39 is 24.3 Å². The van der Waals surface area contributed by atoms with E-state index in [1.807, 2.05) is 13.8 Å². The molecule has 0 N–H and O–H groups in total. The number of para-hydroxylation sites is 1. The summed E-state index contributed by atoms with van der Waals surface area (Å²) in [6, 6.07) is 11.9. The molecule has 0 fully saturated rings. The van der Waals surface area contributed by atoms with Gasteiger partial charge in [-0.15, -0.1) is 0 Å². The third kappa shape index (κ3) is 4.20. The van der Waals surface area contributed by atoms with Gasteiger partial charge in [0.05, 0.1) is 25.7 Å². The third-order valence-corrected chi connectivity index (χ3v) is 4.52. The number of aliphatic carboxylic acids is 1. The summed E-state index contributed by atoms with van der Waals surface area (Å²) in [6.07, 6.45) is 2.38. The number of nitrogens with zero attached hydrogens (tertiary/aromatic N) is 1. The molecule has 7 nitrogen and oxygen atoms in total. The van der Waals surface area contributed by atoms with E-state index in [0.717, 1.165) is 6.42 Å². The van der Waals surface area contributed by atoms with Gasteiger partial charge in [0.15, 0.2) is 11.5 Å². The maximum Gasteiger partial charge on any atom is 0.261 e. The molecule has 2 aromatic rings. The lowest BCUT2D eigenvalue weighted by atomic mass is 9.92. The van der Waals surface area contributed by atoms with E-state index in [2.05, 4.69) is 0 Å². The second-order valence-corrected chi connectivity index (χ2v) is 6.63. The van der Waals surface area contributed by atoms with E-state index >= 15 is 0 Å². The van der Waals surface area contributed by atoms with Crippen molar-refractivity contribution in [1.82, 2.24) is 4.90 Å². The van der Waals surface area contributed by atoms with Gasteiger partial charge in [0.1, 0.15) is 0 Å². The minimum absolute atomic E-state index is 0.196. The summed E-state index contributed by atoms with van der Waals surface area (Å²) in [5.74, 6) is -1.85. The lowest BCUT2D eigenvalue weighted by Crippen LogP contribution is -2.47. The van der Waals surface area contributed by atoms with Gasteiger partial charge in [-0.05, 0) is 37.1 Å². The van der Waals surface area contributed by atoms with Crippen LogP contribution in [0.4, 0.5) is 0 Å². The summed E-state index contributed by atoms with van der Waals surface area (Å²) in [5.41, 5.74) is 1.48. The van der Waals surface area contributed by atoms with E-state index in [1.54, 1.807) is 48.5 Å². The molecule has 1 heterocycles. The van der Waals surface area contributed by atoms with Gasteiger partial charge >= 0.3 is 0 Å². The smallest absolute Gasteiger partial charge is 0.261 e. The van der Waals surface area contributed by atoms with Gasteiger partial charge in [-0.3, -0.25) is 14.5 Å². The first kappa shape index (κ1) is 21.1. The van der Waals surface area contributed by atoms with Crippen molar-refractivity contribution >= 4 is 29.4 Å². The number of carboxylic acid groups (broad SMARTS) is 1. The van der Waals surface area contributed by atoms with Crippen molar-refractivity contribution in [2.75, 3.05) is 19.8 Å². The number of fused-ring (bicyclic) bond motifs is 1. The van der Waals surface area contributed by atoms with Crippen molar-refractivity contribution in [2.24, 2.45) is 0 Å². The van der Waals surface area contributed by atoms with Gasteiger partial charge in [-0.25, -0.2) is 0 Å². The predicted octanol–water partition coefficient (Wildman–Crippen LogP) is 2.15. The van der Waals surface area contributed by atoms with Crippen molar-refractivity contribution in [3.63, 3.8) is 0 Å². The van der Waals surface area contributed by atoms with E-state index in [1.165, 1.54) is 0 Å². The Morgan fingerprint density at radius 2 is 1.73 bits per heavy atom. The van der Waals surface area contributed by atoms with Crippen LogP contribution in [-0.2, 0) is 9.59 Å². The lowest BCUT2D eigenvalue weighted by molar-refractivity contribution is -0.305. The normalized spacial score (nSPS) is 14.6. The van der Waals surface area contributed by atoms with Gasteiger partial charge < -0.3 is 19.4 Å². The molecule has 0 saturated carbocycles. The summed E-state index contributed by atoms with van der Waals surface area (Å²) in [5, 5.41) is 11.1. The Hall–Kier alpha value is -3.61. The van der Waals surface area contributed by atoms with E-state index in [-0.39, 0.29) is 11.1 Å². The number of hydrogen-bond donors (Lipinski definition) is 0. The van der Waals surface area contributed by atoms with Gasteiger partial charge in [-0.1, -0.05) is 37.3 Å². The molecule has 2 aromatic carbocycles. The Morgan fingerprint density at radius 1 is 1.00 bits per heavy atom. The number of carbonyl (C=O) groups excluding carboxylic acids is 3. The Bertz CT molecular complexity index is 1010. The zero-order chi connectivity index (χ0) is 21.7. The molecule has 0 radical (unpaired) electrons. The highest BCUT2D eigenvalue weighted by Gasteiger charge is 2.34. The largest absolute Gasteiger partial charge is 0.548 e. The predicted molar refractivity (Wildman–Crippen MR) is 109 cm³/mol. The van der Waals surface area contributed by atoms with Crippen LogP contribution in [0.3, 0.4) is 0 Å².